The molecule has 0 aliphatic heterocycles. The molecule has 0 aliphatic carbocycles. The maximum absolute atomic E-state index is 9.27. The van der Waals surface area contributed by atoms with Gasteiger partial charge >= 0.3 is 0 Å². The molecule has 0 N–H and O–H groups in total. The summed E-state index contributed by atoms with van der Waals surface area (Å²) in [4.78, 5) is 0. The average Bonchev–Trinajstić information content (AvgIpc) is 2.52. The van der Waals surface area contributed by atoms with Crippen molar-refractivity contribution >= 4 is 0 Å². The van der Waals surface area contributed by atoms with Crippen LogP contribution in [0.5, 0.6) is 0 Å². The molecule has 2 rings (SSSR count). The Hall–Kier alpha value is -2.07. The van der Waals surface area contributed by atoms with E-state index in [1.54, 1.807) is 0 Å². The Balaban J connectivity index is 2.26. The Morgan fingerprint density at radius 3 is 2.30 bits per heavy atom. The summed E-state index contributed by atoms with van der Waals surface area (Å²) in [7, 11) is 0. The number of nitriles is 1. The highest BCUT2D eigenvalue weighted by molar-refractivity contribution is 5.73. The van der Waals surface area contributed by atoms with Crippen molar-refractivity contribution in [2.45, 2.75) is 39.0 Å². The summed E-state index contributed by atoms with van der Waals surface area (Å²) in [5.74, 6) is 0. The van der Waals surface area contributed by atoms with Crippen LogP contribution in [0.1, 0.15) is 43.7 Å². The maximum Gasteiger partial charge on any atom is 0.0998 e. The Morgan fingerprint density at radius 1 is 0.850 bits per heavy atom. The van der Waals surface area contributed by atoms with Gasteiger partial charge in [0.05, 0.1) is 11.6 Å². The molecule has 0 aliphatic rings. The molecule has 0 fully saturated rings. The van der Waals surface area contributed by atoms with Crippen molar-refractivity contribution in [1.82, 2.24) is 0 Å². The van der Waals surface area contributed by atoms with Crippen LogP contribution < -0.4 is 0 Å². The van der Waals surface area contributed by atoms with Gasteiger partial charge in [-0.25, -0.2) is 0 Å². The SMILES string of the molecule is CCCCCCc1ccccc1-c1ccccc1C#N. The minimum atomic E-state index is 0.758. The molecule has 0 saturated carbocycles. The lowest BCUT2D eigenvalue weighted by Crippen LogP contribution is -1.92. The molecule has 0 bridgehead atoms. The zero-order valence-electron chi connectivity index (χ0n) is 12.1. The summed E-state index contributed by atoms with van der Waals surface area (Å²) in [5, 5.41) is 9.27. The van der Waals surface area contributed by atoms with Gasteiger partial charge in [0.15, 0.2) is 0 Å². The van der Waals surface area contributed by atoms with Crippen molar-refractivity contribution in [1.29, 1.82) is 5.26 Å². The monoisotopic (exact) mass is 263 g/mol. The van der Waals surface area contributed by atoms with Gasteiger partial charge in [-0.05, 0) is 35.6 Å². The molecule has 0 atom stereocenters. The van der Waals surface area contributed by atoms with Crippen molar-refractivity contribution in [3.05, 3.63) is 59.7 Å². The van der Waals surface area contributed by atoms with E-state index in [9.17, 15) is 5.26 Å². The van der Waals surface area contributed by atoms with Crippen LogP contribution >= 0.6 is 0 Å². The minimum Gasteiger partial charge on any atom is -0.192 e. The highest BCUT2D eigenvalue weighted by Gasteiger charge is 2.08. The van der Waals surface area contributed by atoms with E-state index in [4.69, 9.17) is 0 Å². The van der Waals surface area contributed by atoms with Crippen LogP contribution in [-0.2, 0) is 6.42 Å². The first-order valence-electron chi connectivity index (χ1n) is 7.44. The third kappa shape index (κ3) is 3.48. The maximum atomic E-state index is 9.27. The van der Waals surface area contributed by atoms with Crippen LogP contribution in [0.3, 0.4) is 0 Å². The molecule has 0 heterocycles. The third-order valence-corrected chi connectivity index (χ3v) is 3.65. The molecule has 0 saturated heterocycles. The third-order valence-electron chi connectivity index (χ3n) is 3.65. The first kappa shape index (κ1) is 14.3. The fraction of sp³-hybridized carbons (Fsp3) is 0.316. The van der Waals surface area contributed by atoms with Gasteiger partial charge < -0.3 is 0 Å². The topological polar surface area (TPSA) is 23.8 Å². The van der Waals surface area contributed by atoms with Gasteiger partial charge in [-0.2, -0.15) is 5.26 Å². The predicted octanol–water partition coefficient (Wildman–Crippen LogP) is 5.35. The number of unbranched alkanes of at least 4 members (excludes halogenated alkanes) is 3. The van der Waals surface area contributed by atoms with Gasteiger partial charge in [-0.3, -0.25) is 0 Å². The summed E-state index contributed by atoms with van der Waals surface area (Å²) in [5.41, 5.74) is 4.38. The van der Waals surface area contributed by atoms with Crippen LogP contribution in [0.15, 0.2) is 48.5 Å². The summed E-state index contributed by atoms with van der Waals surface area (Å²) >= 11 is 0. The summed E-state index contributed by atoms with van der Waals surface area (Å²) in [6.45, 7) is 2.23. The molecule has 0 amide bonds. The summed E-state index contributed by atoms with van der Waals surface area (Å²) in [6.07, 6.45) is 6.16. The first-order valence-corrected chi connectivity index (χ1v) is 7.44. The van der Waals surface area contributed by atoms with E-state index in [2.05, 4.69) is 37.3 Å². The Labute approximate surface area is 121 Å². The average molecular weight is 263 g/mol. The van der Waals surface area contributed by atoms with E-state index in [1.807, 2.05) is 24.3 Å². The molecule has 0 aromatic heterocycles. The normalized spacial score (nSPS) is 10.2. The van der Waals surface area contributed by atoms with Gasteiger partial charge in [0.2, 0.25) is 0 Å². The van der Waals surface area contributed by atoms with E-state index in [0.29, 0.717) is 0 Å². The smallest absolute Gasteiger partial charge is 0.0998 e. The van der Waals surface area contributed by atoms with Crippen molar-refractivity contribution in [2.75, 3.05) is 0 Å². The number of benzene rings is 2. The molecule has 102 valence electrons. The molecule has 2 aromatic rings. The number of hydrogen-bond donors (Lipinski definition) is 0. The second-order valence-corrected chi connectivity index (χ2v) is 5.13. The Bertz CT molecular complexity index is 593. The molecule has 0 spiro atoms. The van der Waals surface area contributed by atoms with Gasteiger partial charge in [0.1, 0.15) is 0 Å². The van der Waals surface area contributed by atoms with Crippen molar-refractivity contribution in [2.24, 2.45) is 0 Å². The van der Waals surface area contributed by atoms with Crippen LogP contribution in [0, 0.1) is 11.3 Å². The number of nitrogens with zero attached hydrogens (tertiary/aromatic N) is 1. The van der Waals surface area contributed by atoms with Crippen LogP contribution in [0.2, 0.25) is 0 Å². The summed E-state index contributed by atoms with van der Waals surface area (Å²) in [6, 6.07) is 18.6. The molecule has 1 nitrogen and oxygen atoms in total. The largest absolute Gasteiger partial charge is 0.192 e. The number of rotatable bonds is 6. The van der Waals surface area contributed by atoms with Crippen LogP contribution in [-0.4, -0.2) is 0 Å². The Morgan fingerprint density at radius 2 is 1.55 bits per heavy atom. The first-order chi connectivity index (χ1) is 9.86. The van der Waals surface area contributed by atoms with Crippen LogP contribution in [0.4, 0.5) is 0 Å². The van der Waals surface area contributed by atoms with E-state index in [-0.39, 0.29) is 0 Å². The van der Waals surface area contributed by atoms with E-state index in [0.717, 1.165) is 17.5 Å². The minimum absolute atomic E-state index is 0.758. The number of hydrogen-bond acceptors (Lipinski definition) is 1. The number of aryl methyl sites for hydroxylation is 1. The Kier molecular flexibility index (Phi) is 5.38. The quantitative estimate of drug-likeness (QED) is 0.645. The lowest BCUT2D eigenvalue weighted by molar-refractivity contribution is 0.667. The van der Waals surface area contributed by atoms with Gasteiger partial charge in [0, 0.05) is 0 Å². The molecule has 1 heteroatoms. The van der Waals surface area contributed by atoms with Crippen molar-refractivity contribution in [3.8, 4) is 17.2 Å². The fourth-order valence-electron chi connectivity index (χ4n) is 2.56. The zero-order chi connectivity index (χ0) is 14.2. The van der Waals surface area contributed by atoms with Crippen LogP contribution in [0.25, 0.3) is 11.1 Å². The second kappa shape index (κ2) is 7.50. The van der Waals surface area contributed by atoms with E-state index >= 15 is 0 Å². The second-order valence-electron chi connectivity index (χ2n) is 5.13. The molecule has 0 unspecified atom stereocenters. The summed E-state index contributed by atoms with van der Waals surface area (Å²) < 4.78 is 0. The zero-order valence-corrected chi connectivity index (χ0v) is 12.1. The molecule has 0 radical (unpaired) electrons. The van der Waals surface area contributed by atoms with Crippen molar-refractivity contribution in [3.63, 3.8) is 0 Å². The van der Waals surface area contributed by atoms with E-state index < -0.39 is 0 Å². The van der Waals surface area contributed by atoms with Crippen molar-refractivity contribution < 1.29 is 0 Å². The molecular formula is C19H21N. The fourth-order valence-corrected chi connectivity index (χ4v) is 2.56. The van der Waals surface area contributed by atoms with Gasteiger partial charge in [-0.1, -0.05) is 68.7 Å². The van der Waals surface area contributed by atoms with E-state index in [1.165, 1.54) is 36.8 Å². The van der Waals surface area contributed by atoms with Gasteiger partial charge in [0.25, 0.3) is 0 Å². The van der Waals surface area contributed by atoms with Gasteiger partial charge in [-0.15, -0.1) is 0 Å². The highest BCUT2D eigenvalue weighted by Crippen LogP contribution is 2.27. The highest BCUT2D eigenvalue weighted by atomic mass is 14.2. The molecule has 2 aromatic carbocycles. The lowest BCUT2D eigenvalue weighted by Gasteiger charge is -2.11. The molecule has 20 heavy (non-hydrogen) atoms. The predicted molar refractivity (Wildman–Crippen MR) is 84.4 cm³/mol. The standard InChI is InChI=1S/C19H21N/c1-2-3-4-5-10-16-11-6-8-13-18(16)19-14-9-7-12-17(19)15-20/h6-9,11-14H,2-5,10H2,1H3. The molecular weight excluding hydrogens is 242 g/mol. The lowest BCUT2D eigenvalue weighted by atomic mass is 9.93.